The fraction of sp³-hybridized carbons (Fsp3) is 0.625. The second-order valence-corrected chi connectivity index (χ2v) is 5.93. The highest BCUT2D eigenvalue weighted by molar-refractivity contribution is 5.15. The SMILES string of the molecule is C[C@@H]1CC(C(N)CO)C[C@H](C)N1Cc1ccccc1. The van der Waals surface area contributed by atoms with Crippen molar-refractivity contribution in [2.75, 3.05) is 6.61 Å². The number of piperidine rings is 1. The lowest BCUT2D eigenvalue weighted by Crippen LogP contribution is -2.50. The van der Waals surface area contributed by atoms with E-state index in [4.69, 9.17) is 5.73 Å². The Morgan fingerprint density at radius 3 is 2.32 bits per heavy atom. The van der Waals surface area contributed by atoms with E-state index in [-0.39, 0.29) is 12.6 Å². The van der Waals surface area contributed by atoms with Gasteiger partial charge in [0, 0.05) is 24.7 Å². The molecule has 3 heteroatoms. The molecule has 0 bridgehead atoms. The van der Waals surface area contributed by atoms with E-state index in [1.807, 2.05) is 0 Å². The van der Waals surface area contributed by atoms with Crippen LogP contribution in [0.1, 0.15) is 32.3 Å². The summed E-state index contributed by atoms with van der Waals surface area (Å²) in [4.78, 5) is 2.55. The fourth-order valence-corrected chi connectivity index (χ4v) is 3.28. The molecule has 106 valence electrons. The highest BCUT2D eigenvalue weighted by Gasteiger charge is 2.33. The molecule has 2 rings (SSSR count). The van der Waals surface area contributed by atoms with Crippen LogP contribution in [0.5, 0.6) is 0 Å². The van der Waals surface area contributed by atoms with Gasteiger partial charge in [0.25, 0.3) is 0 Å². The summed E-state index contributed by atoms with van der Waals surface area (Å²) in [5.41, 5.74) is 7.37. The van der Waals surface area contributed by atoms with Crippen LogP contribution >= 0.6 is 0 Å². The minimum absolute atomic E-state index is 0.0659. The Labute approximate surface area is 116 Å². The predicted octanol–water partition coefficient (Wildman–Crippen LogP) is 2.00. The molecule has 1 fully saturated rings. The second-order valence-electron chi connectivity index (χ2n) is 5.93. The maximum atomic E-state index is 9.22. The first-order valence-electron chi connectivity index (χ1n) is 7.28. The van der Waals surface area contributed by atoms with E-state index in [0.717, 1.165) is 19.4 Å². The average molecular weight is 262 g/mol. The summed E-state index contributed by atoms with van der Waals surface area (Å²) >= 11 is 0. The van der Waals surface area contributed by atoms with Gasteiger partial charge in [0.1, 0.15) is 0 Å². The molecule has 1 aromatic rings. The van der Waals surface area contributed by atoms with Crippen molar-refractivity contribution in [1.29, 1.82) is 0 Å². The molecule has 1 heterocycles. The molecule has 0 radical (unpaired) electrons. The van der Waals surface area contributed by atoms with Gasteiger partial charge in [-0.2, -0.15) is 0 Å². The molecule has 1 aliphatic heterocycles. The normalized spacial score (nSPS) is 30.2. The molecule has 1 aliphatic rings. The number of aliphatic hydroxyl groups is 1. The molecule has 4 atom stereocenters. The second kappa shape index (κ2) is 6.51. The van der Waals surface area contributed by atoms with E-state index in [0.29, 0.717) is 18.0 Å². The molecular weight excluding hydrogens is 236 g/mol. The summed E-state index contributed by atoms with van der Waals surface area (Å²) in [6.07, 6.45) is 2.16. The number of rotatable bonds is 4. The summed E-state index contributed by atoms with van der Waals surface area (Å²) in [5, 5.41) is 9.22. The number of likely N-dealkylation sites (tertiary alicyclic amines) is 1. The Kier molecular flexibility index (Phi) is 4.97. The standard InChI is InChI=1S/C16H26N2O/c1-12-8-15(16(17)11-19)9-13(2)18(12)10-14-6-4-3-5-7-14/h3-7,12-13,15-16,19H,8-11,17H2,1-2H3/t12-,13+,15?,16?. The van der Waals surface area contributed by atoms with Crippen LogP contribution in [0.25, 0.3) is 0 Å². The lowest BCUT2D eigenvalue weighted by Gasteiger charge is -2.44. The molecule has 3 nitrogen and oxygen atoms in total. The Morgan fingerprint density at radius 2 is 1.79 bits per heavy atom. The Morgan fingerprint density at radius 1 is 1.21 bits per heavy atom. The molecular formula is C16H26N2O. The zero-order valence-electron chi connectivity index (χ0n) is 12.0. The number of benzene rings is 1. The van der Waals surface area contributed by atoms with Crippen LogP contribution in [-0.2, 0) is 6.54 Å². The largest absolute Gasteiger partial charge is 0.395 e. The number of hydrogen-bond acceptors (Lipinski definition) is 3. The topological polar surface area (TPSA) is 49.5 Å². The van der Waals surface area contributed by atoms with Crippen molar-refractivity contribution in [3.63, 3.8) is 0 Å². The van der Waals surface area contributed by atoms with Crippen LogP contribution in [0, 0.1) is 5.92 Å². The van der Waals surface area contributed by atoms with Crippen molar-refractivity contribution in [2.45, 2.75) is 51.4 Å². The summed E-state index contributed by atoms with van der Waals surface area (Å²) in [6.45, 7) is 5.65. The molecule has 0 saturated carbocycles. The van der Waals surface area contributed by atoms with Crippen molar-refractivity contribution < 1.29 is 5.11 Å². The maximum absolute atomic E-state index is 9.22. The third-order valence-corrected chi connectivity index (χ3v) is 4.44. The zero-order chi connectivity index (χ0) is 13.8. The first-order chi connectivity index (χ1) is 9.11. The van der Waals surface area contributed by atoms with Gasteiger partial charge in [0.2, 0.25) is 0 Å². The summed E-state index contributed by atoms with van der Waals surface area (Å²) in [7, 11) is 0. The van der Waals surface area contributed by atoms with Crippen molar-refractivity contribution in [1.82, 2.24) is 4.90 Å². The summed E-state index contributed by atoms with van der Waals surface area (Å²) in [5.74, 6) is 0.446. The Balaban J connectivity index is 2.00. The van der Waals surface area contributed by atoms with Crippen molar-refractivity contribution in [3.8, 4) is 0 Å². The van der Waals surface area contributed by atoms with Crippen LogP contribution in [0.2, 0.25) is 0 Å². The highest BCUT2D eigenvalue weighted by atomic mass is 16.3. The quantitative estimate of drug-likeness (QED) is 0.872. The van der Waals surface area contributed by atoms with E-state index < -0.39 is 0 Å². The van der Waals surface area contributed by atoms with Gasteiger partial charge in [-0.1, -0.05) is 30.3 Å². The van der Waals surface area contributed by atoms with E-state index in [2.05, 4.69) is 49.1 Å². The summed E-state index contributed by atoms with van der Waals surface area (Å²) < 4.78 is 0. The minimum atomic E-state index is -0.0659. The lowest BCUT2D eigenvalue weighted by molar-refractivity contribution is 0.0461. The lowest BCUT2D eigenvalue weighted by atomic mass is 9.82. The smallest absolute Gasteiger partial charge is 0.0585 e. The molecule has 2 unspecified atom stereocenters. The average Bonchev–Trinajstić information content (AvgIpc) is 2.43. The first-order valence-corrected chi connectivity index (χ1v) is 7.28. The molecule has 1 saturated heterocycles. The molecule has 0 aliphatic carbocycles. The maximum Gasteiger partial charge on any atom is 0.0585 e. The number of nitrogens with two attached hydrogens (primary N) is 1. The Bertz CT molecular complexity index is 370. The van der Waals surface area contributed by atoms with E-state index in [1.165, 1.54) is 5.56 Å². The van der Waals surface area contributed by atoms with Gasteiger partial charge in [-0.3, -0.25) is 4.90 Å². The fourth-order valence-electron chi connectivity index (χ4n) is 3.28. The van der Waals surface area contributed by atoms with Crippen molar-refractivity contribution >= 4 is 0 Å². The van der Waals surface area contributed by atoms with Crippen molar-refractivity contribution in [3.05, 3.63) is 35.9 Å². The predicted molar refractivity (Wildman–Crippen MR) is 78.7 cm³/mol. The van der Waals surface area contributed by atoms with E-state index >= 15 is 0 Å². The zero-order valence-corrected chi connectivity index (χ0v) is 12.0. The third kappa shape index (κ3) is 3.56. The minimum Gasteiger partial charge on any atom is -0.395 e. The highest BCUT2D eigenvalue weighted by Crippen LogP contribution is 2.30. The van der Waals surface area contributed by atoms with Gasteiger partial charge in [0.15, 0.2) is 0 Å². The van der Waals surface area contributed by atoms with E-state index in [1.54, 1.807) is 0 Å². The van der Waals surface area contributed by atoms with Gasteiger partial charge in [-0.05, 0) is 38.2 Å². The monoisotopic (exact) mass is 262 g/mol. The first kappa shape index (κ1) is 14.5. The number of aliphatic hydroxyl groups excluding tert-OH is 1. The van der Waals surface area contributed by atoms with Gasteiger partial charge < -0.3 is 10.8 Å². The van der Waals surface area contributed by atoms with Gasteiger partial charge in [0.05, 0.1) is 6.61 Å². The van der Waals surface area contributed by atoms with E-state index in [9.17, 15) is 5.11 Å². The van der Waals surface area contributed by atoms with Gasteiger partial charge in [-0.25, -0.2) is 0 Å². The van der Waals surface area contributed by atoms with Crippen molar-refractivity contribution in [2.24, 2.45) is 11.7 Å². The molecule has 1 aromatic carbocycles. The van der Waals surface area contributed by atoms with Crippen LogP contribution < -0.4 is 5.73 Å². The van der Waals surface area contributed by atoms with Crippen LogP contribution in [0.4, 0.5) is 0 Å². The molecule has 19 heavy (non-hydrogen) atoms. The molecule has 0 amide bonds. The number of nitrogens with zero attached hydrogens (tertiary/aromatic N) is 1. The third-order valence-electron chi connectivity index (χ3n) is 4.44. The Hall–Kier alpha value is -0.900. The van der Waals surface area contributed by atoms with Gasteiger partial charge >= 0.3 is 0 Å². The number of hydrogen-bond donors (Lipinski definition) is 2. The van der Waals surface area contributed by atoms with Crippen LogP contribution in [-0.4, -0.2) is 34.7 Å². The van der Waals surface area contributed by atoms with Gasteiger partial charge in [-0.15, -0.1) is 0 Å². The summed E-state index contributed by atoms with van der Waals surface area (Å²) in [6, 6.07) is 11.6. The van der Waals surface area contributed by atoms with Crippen LogP contribution in [0.3, 0.4) is 0 Å². The molecule has 0 aromatic heterocycles. The van der Waals surface area contributed by atoms with Crippen LogP contribution in [0.15, 0.2) is 30.3 Å². The molecule has 0 spiro atoms. The molecule has 3 N–H and O–H groups in total.